The van der Waals surface area contributed by atoms with Gasteiger partial charge in [-0.05, 0) is 53.3 Å². The Hall–Kier alpha value is -2.55. The zero-order valence-corrected chi connectivity index (χ0v) is 15.6. The van der Waals surface area contributed by atoms with E-state index in [1.807, 2.05) is 0 Å². The fourth-order valence-corrected chi connectivity index (χ4v) is 3.63. The van der Waals surface area contributed by atoms with Gasteiger partial charge in [0.1, 0.15) is 0 Å². The van der Waals surface area contributed by atoms with Crippen LogP contribution >= 0.6 is 0 Å². The van der Waals surface area contributed by atoms with Crippen molar-refractivity contribution in [1.29, 1.82) is 0 Å². The van der Waals surface area contributed by atoms with Crippen molar-refractivity contribution < 1.29 is 36.2 Å². The smallest absolute Gasteiger partial charge is 0.416 e. The van der Waals surface area contributed by atoms with Gasteiger partial charge in [0.05, 0.1) is 17.9 Å². The maximum atomic E-state index is 12.9. The summed E-state index contributed by atoms with van der Waals surface area (Å²) >= 11 is 0. The van der Waals surface area contributed by atoms with Gasteiger partial charge in [0, 0.05) is 12.6 Å². The quantitative estimate of drug-likeness (QED) is 0.620. The Morgan fingerprint density at radius 2 is 1.63 bits per heavy atom. The lowest BCUT2D eigenvalue weighted by Crippen LogP contribution is -2.40. The third-order valence-corrected chi connectivity index (χ3v) is 5.20. The normalized spacial score (nSPS) is 20.2. The Morgan fingerprint density at radius 3 is 2.13 bits per heavy atom. The third-order valence-electron chi connectivity index (χ3n) is 5.20. The zero-order valence-electron chi connectivity index (χ0n) is 15.6. The SMILES string of the molecule is O=C(O)Cc1cc(-c2ccc(C(F)(F)F)cc2)cc(C2CCC(C(F)(F)F)CN2)c1. The highest BCUT2D eigenvalue weighted by Gasteiger charge is 2.41. The molecule has 162 valence electrons. The van der Waals surface area contributed by atoms with Crippen molar-refractivity contribution in [3.05, 3.63) is 59.2 Å². The van der Waals surface area contributed by atoms with Gasteiger partial charge in [0.25, 0.3) is 0 Å². The first kappa shape index (κ1) is 22.1. The molecule has 0 spiro atoms. The minimum atomic E-state index is -4.48. The number of carboxylic acids is 1. The number of carbonyl (C=O) groups is 1. The molecule has 2 aromatic carbocycles. The number of hydrogen-bond acceptors (Lipinski definition) is 2. The van der Waals surface area contributed by atoms with Crippen LogP contribution in [0.3, 0.4) is 0 Å². The number of hydrogen-bond donors (Lipinski definition) is 2. The average molecular weight is 431 g/mol. The monoisotopic (exact) mass is 431 g/mol. The van der Waals surface area contributed by atoms with E-state index >= 15 is 0 Å². The highest BCUT2D eigenvalue weighted by Crippen LogP contribution is 2.37. The van der Waals surface area contributed by atoms with E-state index in [-0.39, 0.29) is 25.8 Å². The first-order chi connectivity index (χ1) is 13.9. The molecule has 9 heteroatoms. The van der Waals surface area contributed by atoms with Gasteiger partial charge in [-0.15, -0.1) is 0 Å². The summed E-state index contributed by atoms with van der Waals surface area (Å²) in [5, 5.41) is 12.0. The van der Waals surface area contributed by atoms with Crippen LogP contribution in [0.1, 0.15) is 35.6 Å². The molecule has 2 N–H and O–H groups in total. The molecule has 0 bridgehead atoms. The summed E-state index contributed by atoms with van der Waals surface area (Å²) in [5.74, 6) is -2.52. The topological polar surface area (TPSA) is 49.3 Å². The second-order valence-corrected chi connectivity index (χ2v) is 7.39. The number of aliphatic carboxylic acids is 1. The van der Waals surface area contributed by atoms with Crippen molar-refractivity contribution >= 4 is 5.97 Å². The summed E-state index contributed by atoms with van der Waals surface area (Å²) in [5.41, 5.74) is 1.21. The van der Waals surface area contributed by atoms with E-state index in [0.717, 1.165) is 12.1 Å². The molecule has 0 amide bonds. The molecule has 3 rings (SSSR count). The number of alkyl halides is 6. The van der Waals surface area contributed by atoms with E-state index in [9.17, 15) is 31.1 Å². The van der Waals surface area contributed by atoms with Crippen LogP contribution in [-0.4, -0.2) is 23.8 Å². The minimum Gasteiger partial charge on any atom is -0.481 e. The molecule has 1 fully saturated rings. The van der Waals surface area contributed by atoms with E-state index in [0.29, 0.717) is 22.3 Å². The Morgan fingerprint density at radius 1 is 0.967 bits per heavy atom. The predicted molar refractivity (Wildman–Crippen MR) is 97.7 cm³/mol. The third kappa shape index (κ3) is 5.33. The molecule has 0 radical (unpaired) electrons. The highest BCUT2D eigenvalue weighted by molar-refractivity contribution is 5.73. The van der Waals surface area contributed by atoms with Crippen molar-refractivity contribution in [2.75, 3.05) is 6.54 Å². The lowest BCUT2D eigenvalue weighted by atomic mass is 9.88. The minimum absolute atomic E-state index is 0.0556. The molecule has 0 aromatic heterocycles. The predicted octanol–water partition coefficient (Wildman–Crippen LogP) is 5.60. The summed E-state index contributed by atoms with van der Waals surface area (Å²) in [4.78, 5) is 11.1. The number of nitrogens with one attached hydrogen (secondary N) is 1. The summed E-state index contributed by atoms with van der Waals surface area (Å²) < 4.78 is 77.1. The second-order valence-electron chi connectivity index (χ2n) is 7.39. The molecule has 3 nitrogen and oxygen atoms in total. The summed E-state index contributed by atoms with van der Waals surface area (Å²) in [7, 11) is 0. The number of piperidine rings is 1. The molecule has 1 aliphatic heterocycles. The molecular weight excluding hydrogens is 412 g/mol. The van der Waals surface area contributed by atoms with Gasteiger partial charge in [0.15, 0.2) is 0 Å². The van der Waals surface area contributed by atoms with Gasteiger partial charge in [-0.25, -0.2) is 0 Å². The lowest BCUT2D eigenvalue weighted by molar-refractivity contribution is -0.179. The second kappa shape index (κ2) is 8.29. The maximum absolute atomic E-state index is 12.9. The van der Waals surface area contributed by atoms with Gasteiger partial charge in [-0.1, -0.05) is 24.3 Å². The van der Waals surface area contributed by atoms with Crippen LogP contribution < -0.4 is 5.32 Å². The first-order valence-corrected chi connectivity index (χ1v) is 9.27. The standard InChI is InChI=1S/C21H19F6NO2/c22-20(23,24)16-3-1-13(2-4-16)14-7-12(9-19(29)30)8-15(10-14)18-6-5-17(11-28-18)21(25,26)27/h1-4,7-8,10,17-18,28H,5-6,9,11H2,(H,29,30). The number of rotatable bonds is 4. The van der Waals surface area contributed by atoms with Crippen molar-refractivity contribution in [2.24, 2.45) is 5.92 Å². The van der Waals surface area contributed by atoms with Crippen molar-refractivity contribution in [1.82, 2.24) is 5.32 Å². The molecule has 1 heterocycles. The highest BCUT2D eigenvalue weighted by atomic mass is 19.4. The van der Waals surface area contributed by atoms with Crippen molar-refractivity contribution in [3.8, 4) is 11.1 Å². The van der Waals surface area contributed by atoms with E-state index in [1.165, 1.54) is 12.1 Å². The van der Waals surface area contributed by atoms with E-state index in [4.69, 9.17) is 5.11 Å². The van der Waals surface area contributed by atoms with Gasteiger partial charge >= 0.3 is 18.3 Å². The zero-order chi connectivity index (χ0) is 22.1. The van der Waals surface area contributed by atoms with Gasteiger partial charge < -0.3 is 10.4 Å². The van der Waals surface area contributed by atoms with E-state index < -0.39 is 35.8 Å². The Balaban J connectivity index is 1.90. The van der Waals surface area contributed by atoms with Crippen LogP contribution in [0.2, 0.25) is 0 Å². The largest absolute Gasteiger partial charge is 0.481 e. The number of carboxylic acid groups (broad SMARTS) is 1. The fraction of sp³-hybridized carbons (Fsp3) is 0.381. The van der Waals surface area contributed by atoms with Crippen LogP contribution in [0.25, 0.3) is 11.1 Å². The van der Waals surface area contributed by atoms with Gasteiger partial charge in [0.2, 0.25) is 0 Å². The Labute approximate surface area is 168 Å². The molecule has 2 unspecified atom stereocenters. The number of benzene rings is 2. The van der Waals surface area contributed by atoms with Crippen LogP contribution in [0, 0.1) is 5.92 Å². The Bertz CT molecular complexity index is 897. The van der Waals surface area contributed by atoms with E-state index in [2.05, 4.69) is 5.32 Å². The molecular formula is C21H19F6NO2. The molecule has 1 aliphatic rings. The molecule has 2 aromatic rings. The van der Waals surface area contributed by atoms with E-state index in [1.54, 1.807) is 18.2 Å². The summed E-state index contributed by atoms with van der Waals surface area (Å²) in [6, 6.07) is 8.93. The van der Waals surface area contributed by atoms with Gasteiger partial charge in [-0.2, -0.15) is 26.3 Å². The van der Waals surface area contributed by atoms with Crippen LogP contribution in [0.4, 0.5) is 26.3 Å². The van der Waals surface area contributed by atoms with Crippen LogP contribution in [-0.2, 0) is 17.4 Å². The Kier molecular flexibility index (Phi) is 6.12. The fourth-order valence-electron chi connectivity index (χ4n) is 3.63. The molecule has 2 atom stereocenters. The summed E-state index contributed by atoms with van der Waals surface area (Å²) in [6.07, 6.45) is -8.91. The van der Waals surface area contributed by atoms with Crippen LogP contribution in [0.15, 0.2) is 42.5 Å². The number of halogens is 6. The first-order valence-electron chi connectivity index (χ1n) is 9.27. The maximum Gasteiger partial charge on any atom is 0.416 e. The van der Waals surface area contributed by atoms with Gasteiger partial charge in [-0.3, -0.25) is 4.79 Å². The van der Waals surface area contributed by atoms with Crippen molar-refractivity contribution in [2.45, 2.75) is 37.7 Å². The van der Waals surface area contributed by atoms with Crippen LogP contribution in [0.5, 0.6) is 0 Å². The molecule has 0 saturated carbocycles. The lowest BCUT2D eigenvalue weighted by Gasteiger charge is -2.31. The molecule has 30 heavy (non-hydrogen) atoms. The molecule has 0 aliphatic carbocycles. The van der Waals surface area contributed by atoms with Crippen molar-refractivity contribution in [3.63, 3.8) is 0 Å². The average Bonchev–Trinajstić information content (AvgIpc) is 2.66. The molecule has 1 saturated heterocycles. The summed E-state index contributed by atoms with van der Waals surface area (Å²) in [6.45, 7) is -0.243.